The molecule has 0 heterocycles. The summed E-state index contributed by atoms with van der Waals surface area (Å²) in [5.74, 6) is -0.682. The quantitative estimate of drug-likeness (QED) is 0.111. The number of amides is 1. The molecule has 6 nitrogen and oxygen atoms in total. The van der Waals surface area contributed by atoms with E-state index in [1.807, 2.05) is 60.7 Å². The molecular formula is C25H32NO5P. The minimum absolute atomic E-state index is 0.116. The van der Waals surface area contributed by atoms with E-state index in [2.05, 4.69) is 12.7 Å². The highest BCUT2D eigenvalue weighted by Crippen LogP contribution is 2.51. The van der Waals surface area contributed by atoms with E-state index in [1.54, 1.807) is 24.8 Å². The van der Waals surface area contributed by atoms with Crippen molar-refractivity contribution in [1.29, 1.82) is 0 Å². The Morgan fingerprint density at radius 1 is 0.969 bits per heavy atom. The van der Waals surface area contributed by atoms with Gasteiger partial charge >= 0.3 is 13.7 Å². The first kappa shape index (κ1) is 25.6. The van der Waals surface area contributed by atoms with Crippen LogP contribution >= 0.6 is 7.82 Å². The van der Waals surface area contributed by atoms with Gasteiger partial charge in [0.1, 0.15) is 0 Å². The summed E-state index contributed by atoms with van der Waals surface area (Å²) in [7, 11) is -3.97. The van der Waals surface area contributed by atoms with Crippen LogP contribution in [-0.2, 0) is 29.5 Å². The third-order valence-corrected chi connectivity index (χ3v) is 5.96. The first-order chi connectivity index (χ1) is 15.5. The fraction of sp³-hybridized carbons (Fsp3) is 0.360. The van der Waals surface area contributed by atoms with E-state index in [0.717, 1.165) is 18.4 Å². The smallest absolute Gasteiger partial charge is 0.390 e. The van der Waals surface area contributed by atoms with Gasteiger partial charge in [-0.05, 0) is 50.5 Å². The van der Waals surface area contributed by atoms with Gasteiger partial charge in [0.05, 0.1) is 19.8 Å². The molecule has 0 unspecified atom stereocenters. The van der Waals surface area contributed by atoms with E-state index in [-0.39, 0.29) is 19.0 Å². The molecule has 7 heteroatoms. The average molecular weight is 458 g/mol. The molecule has 0 bridgehead atoms. The van der Waals surface area contributed by atoms with Crippen molar-refractivity contribution in [3.63, 3.8) is 0 Å². The Morgan fingerprint density at radius 3 is 2.12 bits per heavy atom. The van der Waals surface area contributed by atoms with Crippen LogP contribution in [0.15, 0.2) is 78.2 Å². The Bertz CT molecular complexity index is 929. The van der Waals surface area contributed by atoms with Crippen LogP contribution < -0.4 is 4.90 Å². The number of rotatable bonds is 13. The van der Waals surface area contributed by atoms with Gasteiger partial charge in [0.15, 0.2) is 0 Å². The van der Waals surface area contributed by atoms with Gasteiger partial charge < -0.3 is 9.42 Å². The maximum atomic E-state index is 13.6. The number of carbonyl (C=O) groups is 1. The van der Waals surface area contributed by atoms with Crippen LogP contribution in [0.5, 0.6) is 0 Å². The molecule has 0 aliphatic heterocycles. The van der Waals surface area contributed by atoms with E-state index >= 15 is 0 Å². The SMILES string of the molecule is CCCCC=C=C(OP(=O)(OCC)OCC)C(=O)N(Cc1ccccc1)c1ccccc1. The molecule has 1 amide bonds. The lowest BCUT2D eigenvalue weighted by Crippen LogP contribution is -2.32. The maximum absolute atomic E-state index is 13.6. The summed E-state index contributed by atoms with van der Waals surface area (Å²) < 4.78 is 29.1. The van der Waals surface area contributed by atoms with Crippen molar-refractivity contribution < 1.29 is 22.9 Å². The van der Waals surface area contributed by atoms with Crippen molar-refractivity contribution in [2.45, 2.75) is 46.6 Å². The topological polar surface area (TPSA) is 65.1 Å². The van der Waals surface area contributed by atoms with Crippen LogP contribution in [0.4, 0.5) is 5.69 Å². The van der Waals surface area contributed by atoms with Gasteiger partial charge in [-0.25, -0.2) is 4.57 Å². The summed E-state index contributed by atoms with van der Waals surface area (Å²) >= 11 is 0. The Balaban J connectivity index is 2.45. The molecule has 32 heavy (non-hydrogen) atoms. The molecular weight excluding hydrogens is 425 g/mol. The molecule has 0 fully saturated rings. The van der Waals surface area contributed by atoms with E-state index < -0.39 is 13.7 Å². The molecule has 0 aliphatic rings. The first-order valence-corrected chi connectivity index (χ1v) is 12.4. The largest absolute Gasteiger partial charge is 0.530 e. The predicted molar refractivity (Wildman–Crippen MR) is 127 cm³/mol. The van der Waals surface area contributed by atoms with Gasteiger partial charge in [0, 0.05) is 5.69 Å². The molecule has 2 aromatic rings. The van der Waals surface area contributed by atoms with Crippen LogP contribution in [0.2, 0.25) is 0 Å². The van der Waals surface area contributed by atoms with Crippen molar-refractivity contribution in [2.75, 3.05) is 18.1 Å². The molecule has 0 saturated carbocycles. The number of carbonyl (C=O) groups excluding carboxylic acids is 1. The fourth-order valence-electron chi connectivity index (χ4n) is 2.89. The van der Waals surface area contributed by atoms with Gasteiger partial charge in [-0.2, -0.15) is 0 Å². The number of hydrogen-bond donors (Lipinski definition) is 0. The fourth-order valence-corrected chi connectivity index (χ4v) is 4.06. The number of anilines is 1. The molecule has 172 valence electrons. The second kappa shape index (κ2) is 13.7. The number of hydrogen-bond acceptors (Lipinski definition) is 5. The van der Waals surface area contributed by atoms with Crippen molar-refractivity contribution in [3.05, 3.63) is 83.8 Å². The first-order valence-electron chi connectivity index (χ1n) is 11.0. The number of para-hydroxylation sites is 1. The zero-order chi connectivity index (χ0) is 23.2. The van der Waals surface area contributed by atoms with Gasteiger partial charge in [-0.1, -0.05) is 67.6 Å². The van der Waals surface area contributed by atoms with Crippen molar-refractivity contribution in [3.8, 4) is 0 Å². The maximum Gasteiger partial charge on any atom is 0.530 e. The number of benzene rings is 2. The normalized spacial score (nSPS) is 10.8. The van der Waals surface area contributed by atoms with Crippen LogP contribution in [0.25, 0.3) is 0 Å². The van der Waals surface area contributed by atoms with E-state index in [0.29, 0.717) is 18.7 Å². The summed E-state index contributed by atoms with van der Waals surface area (Å²) in [5.41, 5.74) is 4.53. The highest BCUT2D eigenvalue weighted by Gasteiger charge is 2.33. The summed E-state index contributed by atoms with van der Waals surface area (Å²) in [6.07, 6.45) is 4.39. The van der Waals surface area contributed by atoms with Crippen LogP contribution in [0.1, 0.15) is 45.6 Å². The third kappa shape index (κ3) is 8.14. The lowest BCUT2D eigenvalue weighted by atomic mass is 10.2. The number of phosphoric acid groups is 1. The molecule has 0 aliphatic carbocycles. The average Bonchev–Trinajstić information content (AvgIpc) is 2.80. The minimum atomic E-state index is -3.97. The monoisotopic (exact) mass is 457 g/mol. The zero-order valence-corrected chi connectivity index (χ0v) is 19.9. The van der Waals surface area contributed by atoms with Gasteiger partial charge in [0.2, 0.25) is 5.76 Å². The minimum Gasteiger partial charge on any atom is -0.390 e. The highest BCUT2D eigenvalue weighted by atomic mass is 31.2. The molecule has 0 aromatic heterocycles. The molecule has 2 aromatic carbocycles. The Labute approximate surface area is 191 Å². The predicted octanol–water partition coefficient (Wildman–Crippen LogP) is 6.65. The second-order valence-electron chi connectivity index (χ2n) is 6.91. The molecule has 0 atom stereocenters. The Kier molecular flexibility index (Phi) is 11.0. The van der Waals surface area contributed by atoms with Crippen molar-refractivity contribution >= 4 is 19.4 Å². The lowest BCUT2D eigenvalue weighted by molar-refractivity contribution is -0.117. The number of nitrogens with zero attached hydrogens (tertiary/aromatic N) is 1. The van der Waals surface area contributed by atoms with Gasteiger partial charge in [0.25, 0.3) is 0 Å². The summed E-state index contributed by atoms with van der Waals surface area (Å²) in [4.78, 5) is 15.2. The van der Waals surface area contributed by atoms with E-state index in [9.17, 15) is 9.36 Å². The second-order valence-corrected chi connectivity index (χ2v) is 8.50. The van der Waals surface area contributed by atoms with Crippen molar-refractivity contribution in [2.24, 2.45) is 0 Å². The summed E-state index contributed by atoms with van der Waals surface area (Å²) in [5, 5.41) is 0. The zero-order valence-electron chi connectivity index (χ0n) is 19.0. The summed E-state index contributed by atoms with van der Waals surface area (Å²) in [6, 6.07) is 18.9. The van der Waals surface area contributed by atoms with Gasteiger partial charge in [-0.15, -0.1) is 0 Å². The Morgan fingerprint density at radius 2 is 1.56 bits per heavy atom. The molecule has 0 saturated heterocycles. The van der Waals surface area contributed by atoms with E-state index in [4.69, 9.17) is 13.6 Å². The Hall–Kier alpha value is -2.62. The molecule has 2 rings (SSSR count). The van der Waals surface area contributed by atoms with Crippen molar-refractivity contribution in [1.82, 2.24) is 0 Å². The molecule has 0 radical (unpaired) electrons. The number of phosphoric ester groups is 1. The van der Waals surface area contributed by atoms with E-state index in [1.165, 1.54) is 0 Å². The summed E-state index contributed by atoms with van der Waals surface area (Å²) in [6.45, 7) is 5.98. The number of unbranched alkanes of at least 4 members (excludes halogenated alkanes) is 2. The van der Waals surface area contributed by atoms with Crippen LogP contribution in [0, 0.1) is 0 Å². The van der Waals surface area contributed by atoms with Crippen LogP contribution in [0.3, 0.4) is 0 Å². The molecule has 0 N–H and O–H groups in total. The van der Waals surface area contributed by atoms with Gasteiger partial charge in [-0.3, -0.25) is 13.8 Å². The standard InChI is InChI=1S/C25H32NO5P/c1-4-7-8-15-20-24(31-32(28,29-5-2)30-6-3)25(27)26(23-18-13-10-14-19-23)21-22-16-11-9-12-17-22/h9-19H,4-8,21H2,1-3H3. The molecule has 0 spiro atoms. The third-order valence-electron chi connectivity index (χ3n) is 4.40. The lowest BCUT2D eigenvalue weighted by Gasteiger charge is -2.25. The van der Waals surface area contributed by atoms with Crippen LogP contribution in [-0.4, -0.2) is 19.1 Å². The highest BCUT2D eigenvalue weighted by molar-refractivity contribution is 7.48.